The van der Waals surface area contributed by atoms with Crippen LogP contribution in [0.1, 0.15) is 51.0 Å². The van der Waals surface area contributed by atoms with Gasteiger partial charge in [0.2, 0.25) is 0 Å². The van der Waals surface area contributed by atoms with Crippen molar-refractivity contribution in [1.82, 2.24) is 4.98 Å². The highest BCUT2D eigenvalue weighted by atomic mass is 16.6. The average molecular weight is 429 g/mol. The zero-order valence-electron chi connectivity index (χ0n) is 17.5. The lowest BCUT2D eigenvalue weighted by Gasteiger charge is -2.29. The van der Waals surface area contributed by atoms with E-state index in [0.29, 0.717) is 48.3 Å². The number of methoxy groups -OCH3 is 1. The summed E-state index contributed by atoms with van der Waals surface area (Å²) in [5.74, 6) is -1.74. The normalized spacial score (nSPS) is 12.8. The van der Waals surface area contributed by atoms with Crippen LogP contribution in [0.25, 0.3) is 0 Å². The van der Waals surface area contributed by atoms with E-state index in [0.717, 1.165) is 0 Å². The Labute approximate surface area is 178 Å². The predicted octanol–water partition coefficient (Wildman–Crippen LogP) is 2.72. The maximum atomic E-state index is 12.7. The van der Waals surface area contributed by atoms with E-state index in [4.69, 9.17) is 9.47 Å². The maximum Gasteiger partial charge on any atom is 0.355 e. The summed E-state index contributed by atoms with van der Waals surface area (Å²) in [5.41, 5.74) is 2.58. The van der Waals surface area contributed by atoms with Crippen LogP contribution in [0.15, 0.2) is 18.2 Å². The minimum Gasteiger partial charge on any atom is -0.465 e. The third kappa shape index (κ3) is 4.27. The number of aromatic nitrogens is 1. The first-order valence-corrected chi connectivity index (χ1v) is 9.83. The topological polar surface area (TPSA) is 132 Å². The van der Waals surface area contributed by atoms with Gasteiger partial charge in [0.1, 0.15) is 5.69 Å². The Morgan fingerprint density at radius 1 is 1.26 bits per heavy atom. The van der Waals surface area contributed by atoms with Gasteiger partial charge in [0.15, 0.2) is 6.61 Å². The number of carbonyl (C=O) groups is 3. The van der Waals surface area contributed by atoms with Gasteiger partial charge in [-0.25, -0.2) is 9.59 Å². The van der Waals surface area contributed by atoms with Crippen LogP contribution in [-0.4, -0.2) is 48.0 Å². The molecule has 164 valence electrons. The fourth-order valence-corrected chi connectivity index (χ4v) is 3.74. The zero-order valence-corrected chi connectivity index (χ0v) is 17.5. The standard InChI is InChI=1S/C21H23N3O7/c1-4-15-18(20(26)30-3)12(2)19(22-15)21(27)31-11-17(25)23-9-5-6-13-10-14(24(28)29)7-8-16(13)23/h7-8,10,22H,4-6,9,11H2,1-3H3. The van der Waals surface area contributed by atoms with Gasteiger partial charge in [-0.15, -0.1) is 0 Å². The van der Waals surface area contributed by atoms with Gasteiger partial charge in [0.05, 0.1) is 17.6 Å². The number of non-ortho nitro benzene ring substituents is 1. The zero-order chi connectivity index (χ0) is 22.7. The van der Waals surface area contributed by atoms with Crippen LogP contribution < -0.4 is 4.90 Å². The minimum atomic E-state index is -0.753. The van der Waals surface area contributed by atoms with E-state index in [1.807, 2.05) is 6.92 Å². The summed E-state index contributed by atoms with van der Waals surface area (Å²) in [7, 11) is 1.26. The van der Waals surface area contributed by atoms with Crippen molar-refractivity contribution < 1.29 is 28.8 Å². The van der Waals surface area contributed by atoms with Crippen LogP contribution >= 0.6 is 0 Å². The first-order valence-electron chi connectivity index (χ1n) is 9.83. The van der Waals surface area contributed by atoms with Crippen LogP contribution in [0.3, 0.4) is 0 Å². The van der Waals surface area contributed by atoms with Crippen molar-refractivity contribution in [3.63, 3.8) is 0 Å². The number of nitro groups is 1. The van der Waals surface area contributed by atoms with E-state index in [9.17, 15) is 24.5 Å². The molecule has 3 rings (SSSR count). The second-order valence-corrected chi connectivity index (χ2v) is 7.12. The van der Waals surface area contributed by atoms with E-state index in [2.05, 4.69) is 4.98 Å². The molecule has 10 heteroatoms. The number of anilines is 1. The molecule has 0 bridgehead atoms. The highest BCUT2D eigenvalue weighted by molar-refractivity contribution is 6.00. The summed E-state index contributed by atoms with van der Waals surface area (Å²) in [4.78, 5) is 52.1. The van der Waals surface area contributed by atoms with Crippen LogP contribution in [-0.2, 0) is 27.1 Å². The predicted molar refractivity (Wildman–Crippen MR) is 110 cm³/mol. The molecule has 1 aromatic carbocycles. The van der Waals surface area contributed by atoms with Crippen LogP contribution in [0.5, 0.6) is 0 Å². The van der Waals surface area contributed by atoms with E-state index in [-0.39, 0.29) is 16.9 Å². The van der Waals surface area contributed by atoms with Crippen molar-refractivity contribution in [3.8, 4) is 0 Å². The Kier molecular flexibility index (Phi) is 6.38. The number of amides is 1. The molecule has 1 amide bonds. The number of rotatable bonds is 6. The Bertz CT molecular complexity index is 1060. The number of nitrogens with one attached hydrogen (secondary N) is 1. The Morgan fingerprint density at radius 3 is 2.65 bits per heavy atom. The SMILES string of the molecule is CCc1[nH]c(C(=O)OCC(=O)N2CCCc3cc([N+](=O)[O-])ccc32)c(C)c1C(=O)OC. The number of hydrogen-bond donors (Lipinski definition) is 1. The Balaban J connectivity index is 1.74. The van der Waals surface area contributed by atoms with Crippen molar-refractivity contribution >= 4 is 29.2 Å². The largest absolute Gasteiger partial charge is 0.465 e. The van der Waals surface area contributed by atoms with Crippen molar-refractivity contribution in [3.05, 3.63) is 56.4 Å². The molecule has 1 aliphatic heterocycles. The number of fused-ring (bicyclic) bond motifs is 1. The summed E-state index contributed by atoms with van der Waals surface area (Å²) in [5, 5.41) is 11.0. The molecular weight excluding hydrogens is 406 g/mol. The summed E-state index contributed by atoms with van der Waals surface area (Å²) >= 11 is 0. The number of aromatic amines is 1. The van der Waals surface area contributed by atoms with E-state index < -0.39 is 29.4 Å². The molecule has 2 aromatic rings. The Morgan fingerprint density at radius 2 is 2.00 bits per heavy atom. The number of hydrogen-bond acceptors (Lipinski definition) is 7. The number of nitro benzene ring substituents is 1. The van der Waals surface area contributed by atoms with Gasteiger partial charge < -0.3 is 19.4 Å². The summed E-state index contributed by atoms with van der Waals surface area (Å²) in [6.07, 6.45) is 1.75. The lowest BCUT2D eigenvalue weighted by molar-refractivity contribution is -0.384. The number of benzene rings is 1. The second kappa shape index (κ2) is 8.99. The van der Waals surface area contributed by atoms with Crippen LogP contribution in [0, 0.1) is 17.0 Å². The van der Waals surface area contributed by atoms with Crippen molar-refractivity contribution in [1.29, 1.82) is 0 Å². The summed E-state index contributed by atoms with van der Waals surface area (Å²) in [6, 6.07) is 4.35. The number of nitrogens with zero attached hydrogens (tertiary/aromatic N) is 2. The maximum absolute atomic E-state index is 12.7. The van der Waals surface area contributed by atoms with Gasteiger partial charge in [0, 0.05) is 30.1 Å². The molecule has 0 saturated heterocycles. The first kappa shape index (κ1) is 22.0. The molecule has 1 aromatic heterocycles. The molecule has 1 aliphatic rings. The minimum absolute atomic E-state index is 0.0326. The van der Waals surface area contributed by atoms with E-state index in [1.165, 1.54) is 30.2 Å². The van der Waals surface area contributed by atoms with Crippen LogP contribution in [0.2, 0.25) is 0 Å². The summed E-state index contributed by atoms with van der Waals surface area (Å²) < 4.78 is 9.98. The number of ether oxygens (including phenoxy) is 2. The van der Waals surface area contributed by atoms with E-state index >= 15 is 0 Å². The van der Waals surface area contributed by atoms with Crippen molar-refractivity contribution in [2.24, 2.45) is 0 Å². The van der Waals surface area contributed by atoms with Crippen molar-refractivity contribution in [2.45, 2.75) is 33.1 Å². The molecule has 0 aliphatic carbocycles. The number of carbonyl (C=O) groups excluding carboxylic acids is 3. The van der Waals surface area contributed by atoms with Gasteiger partial charge in [-0.1, -0.05) is 6.92 Å². The summed E-state index contributed by atoms with van der Waals surface area (Å²) in [6.45, 7) is 3.36. The van der Waals surface area contributed by atoms with Gasteiger partial charge in [0.25, 0.3) is 11.6 Å². The molecule has 0 radical (unpaired) electrons. The molecule has 2 heterocycles. The van der Waals surface area contributed by atoms with Gasteiger partial charge >= 0.3 is 11.9 Å². The molecule has 31 heavy (non-hydrogen) atoms. The third-order valence-electron chi connectivity index (χ3n) is 5.30. The van der Waals surface area contributed by atoms with Gasteiger partial charge in [-0.2, -0.15) is 0 Å². The van der Waals surface area contributed by atoms with Gasteiger partial charge in [-0.05, 0) is 43.4 Å². The number of esters is 2. The fraction of sp³-hybridized carbons (Fsp3) is 0.381. The molecule has 1 N–H and O–H groups in total. The lowest BCUT2D eigenvalue weighted by Crippen LogP contribution is -2.38. The highest BCUT2D eigenvalue weighted by Gasteiger charge is 2.27. The third-order valence-corrected chi connectivity index (χ3v) is 5.30. The van der Waals surface area contributed by atoms with E-state index in [1.54, 1.807) is 6.92 Å². The fourth-order valence-electron chi connectivity index (χ4n) is 3.74. The quantitative estimate of drug-likeness (QED) is 0.424. The van der Waals surface area contributed by atoms with Crippen LogP contribution in [0.4, 0.5) is 11.4 Å². The average Bonchev–Trinajstić information content (AvgIpc) is 3.12. The molecule has 0 fully saturated rings. The number of H-pyrrole nitrogens is 1. The molecular formula is C21H23N3O7. The monoisotopic (exact) mass is 429 g/mol. The molecule has 0 spiro atoms. The molecule has 0 saturated carbocycles. The highest BCUT2D eigenvalue weighted by Crippen LogP contribution is 2.30. The lowest BCUT2D eigenvalue weighted by atomic mass is 10.0. The molecule has 0 unspecified atom stereocenters. The Hall–Kier alpha value is -3.69. The number of aryl methyl sites for hydroxylation is 2. The smallest absolute Gasteiger partial charge is 0.355 e. The first-order chi connectivity index (χ1) is 14.8. The molecule has 10 nitrogen and oxygen atoms in total. The van der Waals surface area contributed by atoms with Crippen molar-refractivity contribution in [2.75, 3.05) is 25.2 Å². The molecule has 0 atom stereocenters. The van der Waals surface area contributed by atoms with Gasteiger partial charge in [-0.3, -0.25) is 14.9 Å². The second-order valence-electron chi connectivity index (χ2n) is 7.12.